The van der Waals surface area contributed by atoms with Gasteiger partial charge in [-0.25, -0.2) is 4.39 Å². The van der Waals surface area contributed by atoms with E-state index in [9.17, 15) is 4.39 Å². The van der Waals surface area contributed by atoms with E-state index >= 15 is 0 Å². The van der Waals surface area contributed by atoms with Gasteiger partial charge >= 0.3 is 0 Å². The molecule has 0 amide bonds. The third-order valence-corrected chi connectivity index (χ3v) is 4.38. The van der Waals surface area contributed by atoms with Gasteiger partial charge in [0.25, 0.3) is 11.1 Å². The zero-order valence-corrected chi connectivity index (χ0v) is 15.3. The summed E-state index contributed by atoms with van der Waals surface area (Å²) >= 11 is 7.27. The maximum Gasteiger partial charge on any atom is 0.276 e. The zero-order chi connectivity index (χ0) is 18.2. The molecule has 0 saturated carbocycles. The van der Waals surface area contributed by atoms with Crippen LogP contribution in [0.5, 0.6) is 11.5 Å². The van der Waals surface area contributed by atoms with Gasteiger partial charge in [0, 0.05) is 10.8 Å². The van der Waals surface area contributed by atoms with E-state index in [4.69, 9.17) is 25.5 Å². The molecule has 3 rings (SSSR count). The summed E-state index contributed by atoms with van der Waals surface area (Å²) in [6.45, 7) is 0.724. The number of hydrogen-bond acceptors (Lipinski definition) is 6. The molecule has 0 spiro atoms. The van der Waals surface area contributed by atoms with Gasteiger partial charge in [0.1, 0.15) is 17.3 Å². The Bertz CT molecular complexity index is 812. The predicted molar refractivity (Wildman–Crippen MR) is 97.3 cm³/mol. The molecular formula is C18H16ClFN2O3S. The highest BCUT2D eigenvalue weighted by atomic mass is 35.5. The van der Waals surface area contributed by atoms with Gasteiger partial charge in [0.05, 0.1) is 6.61 Å². The molecule has 3 aromatic rings. The number of hydrogen-bond donors (Lipinski definition) is 0. The summed E-state index contributed by atoms with van der Waals surface area (Å²) in [4.78, 5) is 0. The monoisotopic (exact) mass is 394 g/mol. The summed E-state index contributed by atoms with van der Waals surface area (Å²) in [6.07, 6.45) is 0.793. The van der Waals surface area contributed by atoms with E-state index in [-0.39, 0.29) is 12.4 Å². The Hall–Kier alpha value is -2.25. The van der Waals surface area contributed by atoms with Crippen molar-refractivity contribution in [3.8, 4) is 11.5 Å². The minimum Gasteiger partial charge on any atom is -0.494 e. The third kappa shape index (κ3) is 5.93. The van der Waals surface area contributed by atoms with Crippen molar-refractivity contribution >= 4 is 23.4 Å². The second-order valence-electron chi connectivity index (χ2n) is 5.21. The number of halogens is 2. The molecule has 26 heavy (non-hydrogen) atoms. The van der Waals surface area contributed by atoms with E-state index in [0.29, 0.717) is 34.2 Å². The lowest BCUT2D eigenvalue weighted by molar-refractivity contribution is 0.252. The van der Waals surface area contributed by atoms with E-state index in [1.165, 1.54) is 23.9 Å². The number of nitrogens with zero attached hydrogens (tertiary/aromatic N) is 2. The summed E-state index contributed by atoms with van der Waals surface area (Å²) < 4.78 is 29.4. The molecule has 1 heterocycles. The van der Waals surface area contributed by atoms with Crippen LogP contribution in [0, 0.1) is 5.82 Å². The summed E-state index contributed by atoms with van der Waals surface area (Å²) in [7, 11) is 0. The van der Waals surface area contributed by atoms with E-state index in [0.717, 1.165) is 12.2 Å². The van der Waals surface area contributed by atoms with Crippen molar-refractivity contribution in [1.29, 1.82) is 0 Å². The number of thioether (sulfide) groups is 1. The van der Waals surface area contributed by atoms with Gasteiger partial charge < -0.3 is 13.9 Å². The topological polar surface area (TPSA) is 57.4 Å². The summed E-state index contributed by atoms with van der Waals surface area (Å²) in [5.74, 6) is 2.22. The van der Waals surface area contributed by atoms with Crippen LogP contribution < -0.4 is 9.47 Å². The molecule has 0 aliphatic heterocycles. The molecule has 0 bridgehead atoms. The van der Waals surface area contributed by atoms with Gasteiger partial charge in [0.2, 0.25) is 0 Å². The van der Waals surface area contributed by atoms with Crippen LogP contribution in [0.15, 0.2) is 58.2 Å². The van der Waals surface area contributed by atoms with Crippen molar-refractivity contribution in [3.05, 3.63) is 65.3 Å². The lowest BCUT2D eigenvalue weighted by Gasteiger charge is -2.04. The highest BCUT2D eigenvalue weighted by Gasteiger charge is 2.07. The molecule has 0 saturated heterocycles. The maximum absolute atomic E-state index is 12.8. The van der Waals surface area contributed by atoms with Gasteiger partial charge in [-0.2, -0.15) is 0 Å². The quantitative estimate of drug-likeness (QED) is 0.376. The molecule has 0 radical (unpaired) electrons. The van der Waals surface area contributed by atoms with Crippen LogP contribution in [0.2, 0.25) is 5.02 Å². The highest BCUT2D eigenvalue weighted by molar-refractivity contribution is 7.99. The second kappa shape index (κ2) is 9.45. The first-order chi connectivity index (χ1) is 12.7. The molecule has 136 valence electrons. The van der Waals surface area contributed by atoms with E-state index in [1.807, 2.05) is 0 Å². The maximum atomic E-state index is 12.8. The Labute approximate surface area is 159 Å². The van der Waals surface area contributed by atoms with Crippen molar-refractivity contribution < 1.29 is 18.3 Å². The second-order valence-corrected chi connectivity index (χ2v) is 6.69. The summed E-state index contributed by atoms with van der Waals surface area (Å²) in [6, 6.07) is 13.0. The van der Waals surface area contributed by atoms with Gasteiger partial charge in [-0.1, -0.05) is 23.4 Å². The molecular weight excluding hydrogens is 379 g/mol. The Kier molecular flexibility index (Phi) is 6.74. The molecule has 5 nitrogen and oxygen atoms in total. The van der Waals surface area contributed by atoms with E-state index < -0.39 is 0 Å². The number of rotatable bonds is 9. The summed E-state index contributed by atoms with van der Waals surface area (Å²) in [5, 5.41) is 9.06. The van der Waals surface area contributed by atoms with Crippen molar-refractivity contribution in [3.63, 3.8) is 0 Å². The van der Waals surface area contributed by atoms with Crippen molar-refractivity contribution in [2.75, 3.05) is 12.4 Å². The lowest BCUT2D eigenvalue weighted by atomic mass is 10.3. The molecule has 1 aromatic heterocycles. The zero-order valence-electron chi connectivity index (χ0n) is 13.7. The molecule has 0 aliphatic carbocycles. The molecule has 0 N–H and O–H groups in total. The number of benzene rings is 2. The van der Waals surface area contributed by atoms with Crippen LogP contribution in [0.1, 0.15) is 12.3 Å². The molecule has 0 unspecified atom stereocenters. The van der Waals surface area contributed by atoms with Gasteiger partial charge in [0.15, 0.2) is 6.61 Å². The SMILES string of the molecule is Fc1ccc(OCCCSc2nnc(COc3ccc(Cl)cc3)o2)cc1. The third-order valence-electron chi connectivity index (χ3n) is 3.22. The molecule has 0 atom stereocenters. The lowest BCUT2D eigenvalue weighted by Crippen LogP contribution is -1.98. The van der Waals surface area contributed by atoms with Crippen molar-refractivity contribution in [2.24, 2.45) is 0 Å². The van der Waals surface area contributed by atoms with Gasteiger partial charge in [-0.15, -0.1) is 10.2 Å². The van der Waals surface area contributed by atoms with Crippen LogP contribution in [0.25, 0.3) is 0 Å². The first kappa shape index (κ1) is 18.5. The largest absolute Gasteiger partial charge is 0.494 e. The first-order valence-electron chi connectivity index (χ1n) is 7.91. The first-order valence-corrected chi connectivity index (χ1v) is 9.27. The predicted octanol–water partition coefficient (Wildman–Crippen LogP) is 5.00. The Morgan fingerprint density at radius 1 is 0.962 bits per heavy atom. The normalized spacial score (nSPS) is 10.7. The molecule has 0 aliphatic rings. The number of ether oxygens (including phenoxy) is 2. The van der Waals surface area contributed by atoms with Crippen LogP contribution in [0.3, 0.4) is 0 Å². The van der Waals surface area contributed by atoms with Crippen molar-refractivity contribution in [2.45, 2.75) is 18.3 Å². The average molecular weight is 395 g/mol. The fourth-order valence-corrected chi connectivity index (χ4v) is 2.79. The fourth-order valence-electron chi connectivity index (χ4n) is 1.97. The highest BCUT2D eigenvalue weighted by Crippen LogP contribution is 2.20. The Balaban J connectivity index is 1.34. The Morgan fingerprint density at radius 2 is 1.65 bits per heavy atom. The van der Waals surface area contributed by atoms with Gasteiger partial charge in [-0.05, 0) is 55.0 Å². The summed E-state index contributed by atoms with van der Waals surface area (Å²) in [5.41, 5.74) is 0. The van der Waals surface area contributed by atoms with Crippen LogP contribution in [0.4, 0.5) is 4.39 Å². The van der Waals surface area contributed by atoms with E-state index in [1.54, 1.807) is 36.4 Å². The van der Waals surface area contributed by atoms with Crippen LogP contribution in [-0.4, -0.2) is 22.6 Å². The van der Waals surface area contributed by atoms with E-state index in [2.05, 4.69) is 10.2 Å². The van der Waals surface area contributed by atoms with Crippen molar-refractivity contribution in [1.82, 2.24) is 10.2 Å². The van der Waals surface area contributed by atoms with Crippen LogP contribution in [-0.2, 0) is 6.61 Å². The molecule has 8 heteroatoms. The number of aromatic nitrogens is 2. The molecule has 2 aromatic carbocycles. The van der Waals surface area contributed by atoms with Gasteiger partial charge in [-0.3, -0.25) is 0 Å². The fraction of sp³-hybridized carbons (Fsp3) is 0.222. The minimum atomic E-state index is -0.278. The standard InChI is InChI=1S/C18H16ClFN2O3S/c19-13-2-6-16(7-3-13)24-12-17-21-22-18(25-17)26-11-1-10-23-15-8-4-14(20)5-9-15/h2-9H,1,10-12H2. The smallest absolute Gasteiger partial charge is 0.276 e. The molecule has 0 fully saturated rings. The Morgan fingerprint density at radius 3 is 2.42 bits per heavy atom. The minimum absolute atomic E-state index is 0.197. The average Bonchev–Trinajstić information content (AvgIpc) is 3.10. The van der Waals surface area contributed by atoms with Crippen LogP contribution >= 0.6 is 23.4 Å².